The molecule has 0 aromatic rings. The van der Waals surface area contributed by atoms with E-state index in [0.29, 0.717) is 0 Å². The van der Waals surface area contributed by atoms with E-state index in [2.05, 4.69) is 24.1 Å². The van der Waals surface area contributed by atoms with Crippen LogP contribution >= 0.6 is 0 Å². The van der Waals surface area contributed by atoms with Crippen LogP contribution in [0.15, 0.2) is 0 Å². The Morgan fingerprint density at radius 1 is 0.947 bits per heavy atom. The van der Waals surface area contributed by atoms with Gasteiger partial charge >= 0.3 is 0 Å². The molecule has 1 saturated heterocycles. The van der Waals surface area contributed by atoms with Crippen LogP contribution in [0.25, 0.3) is 0 Å². The molecule has 2 aliphatic rings. The first-order chi connectivity index (χ1) is 9.36. The first kappa shape index (κ1) is 15.3. The molecule has 0 aromatic heterocycles. The summed E-state index contributed by atoms with van der Waals surface area (Å²) >= 11 is 0. The number of rotatable bonds is 5. The van der Waals surface area contributed by atoms with Crippen molar-refractivity contribution >= 4 is 0 Å². The lowest BCUT2D eigenvalue weighted by Gasteiger charge is -2.44. The van der Waals surface area contributed by atoms with E-state index in [1.165, 1.54) is 70.8 Å². The van der Waals surface area contributed by atoms with Gasteiger partial charge in [-0.05, 0) is 45.2 Å². The highest BCUT2D eigenvalue weighted by atomic mass is 15.2. The normalized spacial score (nSPS) is 34.1. The van der Waals surface area contributed by atoms with E-state index in [0.717, 1.165) is 24.7 Å². The minimum Gasteiger partial charge on any atom is -0.313 e. The number of piperidine rings is 1. The first-order valence-corrected chi connectivity index (χ1v) is 8.86. The van der Waals surface area contributed by atoms with E-state index in [1.807, 2.05) is 0 Å². The Balaban J connectivity index is 2.04. The van der Waals surface area contributed by atoms with Crippen molar-refractivity contribution in [3.05, 3.63) is 0 Å². The summed E-state index contributed by atoms with van der Waals surface area (Å²) < 4.78 is 0. The number of likely N-dealkylation sites (tertiary alicyclic amines) is 1. The maximum absolute atomic E-state index is 3.79. The third kappa shape index (κ3) is 4.19. The van der Waals surface area contributed by atoms with Crippen molar-refractivity contribution in [2.45, 2.75) is 96.2 Å². The van der Waals surface area contributed by atoms with Crippen LogP contribution in [0.4, 0.5) is 0 Å². The molecular formula is C17H34N2. The molecule has 19 heavy (non-hydrogen) atoms. The zero-order valence-electron chi connectivity index (χ0n) is 13.2. The zero-order chi connectivity index (χ0) is 13.5. The summed E-state index contributed by atoms with van der Waals surface area (Å²) in [5.74, 6) is 0. The van der Waals surface area contributed by atoms with Crippen LogP contribution in [-0.4, -0.2) is 36.1 Å². The molecule has 0 bridgehead atoms. The van der Waals surface area contributed by atoms with Gasteiger partial charge in [0.05, 0.1) is 0 Å². The third-order valence-corrected chi connectivity index (χ3v) is 5.17. The number of hydrogen-bond donors (Lipinski definition) is 1. The minimum atomic E-state index is 0.755. The Kier molecular flexibility index (Phi) is 6.66. The van der Waals surface area contributed by atoms with Gasteiger partial charge in [-0.25, -0.2) is 0 Å². The number of nitrogens with zero attached hydrogens (tertiary/aromatic N) is 1. The average Bonchev–Trinajstić information content (AvgIpc) is 2.66. The van der Waals surface area contributed by atoms with Crippen molar-refractivity contribution < 1.29 is 0 Å². The fraction of sp³-hybridized carbons (Fsp3) is 1.00. The lowest BCUT2D eigenvalue weighted by Crippen LogP contribution is -2.54. The molecule has 2 nitrogen and oxygen atoms in total. The van der Waals surface area contributed by atoms with Gasteiger partial charge in [-0.3, -0.25) is 4.90 Å². The van der Waals surface area contributed by atoms with E-state index >= 15 is 0 Å². The molecule has 1 aliphatic heterocycles. The highest BCUT2D eigenvalue weighted by molar-refractivity contribution is 4.91. The predicted molar refractivity (Wildman–Crippen MR) is 83.6 cm³/mol. The second-order valence-electron chi connectivity index (χ2n) is 6.55. The molecule has 2 rings (SSSR count). The smallest absolute Gasteiger partial charge is 0.0252 e. The van der Waals surface area contributed by atoms with Crippen molar-refractivity contribution in [2.75, 3.05) is 13.1 Å². The Hall–Kier alpha value is -0.0800. The number of likely N-dealkylation sites (N-methyl/N-ethyl adjacent to an activating group) is 1. The van der Waals surface area contributed by atoms with Crippen LogP contribution < -0.4 is 5.32 Å². The molecule has 0 aromatic carbocycles. The predicted octanol–water partition coefficient (Wildman–Crippen LogP) is 3.95. The van der Waals surface area contributed by atoms with Crippen LogP contribution in [0.1, 0.15) is 78.1 Å². The van der Waals surface area contributed by atoms with Gasteiger partial charge in [-0.2, -0.15) is 0 Å². The summed E-state index contributed by atoms with van der Waals surface area (Å²) in [6, 6.07) is 2.45. The number of hydrogen-bond acceptors (Lipinski definition) is 2. The summed E-state index contributed by atoms with van der Waals surface area (Å²) in [7, 11) is 0. The van der Waals surface area contributed by atoms with Gasteiger partial charge in [0.25, 0.3) is 0 Å². The molecule has 112 valence electrons. The van der Waals surface area contributed by atoms with Crippen molar-refractivity contribution in [1.29, 1.82) is 0 Å². The molecule has 1 aliphatic carbocycles. The second kappa shape index (κ2) is 8.26. The first-order valence-electron chi connectivity index (χ1n) is 8.86. The lowest BCUT2D eigenvalue weighted by atomic mass is 9.92. The van der Waals surface area contributed by atoms with Gasteiger partial charge in [-0.15, -0.1) is 0 Å². The summed E-state index contributed by atoms with van der Waals surface area (Å²) in [6.45, 7) is 7.11. The topological polar surface area (TPSA) is 15.3 Å². The summed E-state index contributed by atoms with van der Waals surface area (Å²) in [5, 5.41) is 3.79. The van der Waals surface area contributed by atoms with Crippen molar-refractivity contribution in [3.63, 3.8) is 0 Å². The van der Waals surface area contributed by atoms with Gasteiger partial charge in [0.15, 0.2) is 0 Å². The molecule has 1 saturated carbocycles. The van der Waals surface area contributed by atoms with E-state index in [9.17, 15) is 0 Å². The van der Waals surface area contributed by atoms with E-state index in [4.69, 9.17) is 0 Å². The highest BCUT2D eigenvalue weighted by Gasteiger charge is 2.33. The maximum Gasteiger partial charge on any atom is 0.0252 e. The van der Waals surface area contributed by atoms with Crippen LogP contribution in [0, 0.1) is 0 Å². The molecule has 0 spiro atoms. The van der Waals surface area contributed by atoms with Gasteiger partial charge in [0, 0.05) is 18.1 Å². The van der Waals surface area contributed by atoms with E-state index < -0.39 is 0 Å². The fourth-order valence-electron chi connectivity index (χ4n) is 4.29. The Morgan fingerprint density at radius 3 is 2.53 bits per heavy atom. The van der Waals surface area contributed by atoms with Crippen molar-refractivity contribution in [3.8, 4) is 0 Å². The fourth-order valence-corrected chi connectivity index (χ4v) is 4.29. The van der Waals surface area contributed by atoms with E-state index in [-0.39, 0.29) is 0 Å². The van der Waals surface area contributed by atoms with Crippen LogP contribution in [0.3, 0.4) is 0 Å². The Morgan fingerprint density at radius 2 is 1.74 bits per heavy atom. The van der Waals surface area contributed by atoms with Gasteiger partial charge in [0.2, 0.25) is 0 Å². The van der Waals surface area contributed by atoms with Crippen molar-refractivity contribution in [1.82, 2.24) is 10.2 Å². The average molecular weight is 266 g/mol. The van der Waals surface area contributed by atoms with Gasteiger partial charge in [0.1, 0.15) is 0 Å². The standard InChI is InChI=1S/C17H34N2/c1-3-10-15-11-8-9-14-19(15)17-13-7-5-6-12-16(17)18-4-2/h15-18H,3-14H2,1-2H3. The largest absolute Gasteiger partial charge is 0.313 e. The van der Waals surface area contributed by atoms with Crippen molar-refractivity contribution in [2.24, 2.45) is 0 Å². The lowest BCUT2D eigenvalue weighted by molar-refractivity contribution is 0.0627. The van der Waals surface area contributed by atoms with Crippen LogP contribution in [-0.2, 0) is 0 Å². The number of nitrogens with one attached hydrogen (secondary N) is 1. The Bertz CT molecular complexity index is 239. The molecule has 0 radical (unpaired) electrons. The quantitative estimate of drug-likeness (QED) is 0.758. The summed E-state index contributed by atoms with van der Waals surface area (Å²) in [5.41, 5.74) is 0. The SMILES string of the molecule is CCCC1CCCCN1C1CCCCCC1NCC. The second-order valence-corrected chi connectivity index (χ2v) is 6.55. The summed E-state index contributed by atoms with van der Waals surface area (Å²) in [6.07, 6.45) is 14.2. The highest BCUT2D eigenvalue weighted by Crippen LogP contribution is 2.30. The van der Waals surface area contributed by atoms with E-state index in [1.54, 1.807) is 0 Å². The summed E-state index contributed by atoms with van der Waals surface area (Å²) in [4.78, 5) is 2.91. The molecule has 2 fully saturated rings. The monoisotopic (exact) mass is 266 g/mol. The Labute approximate surface area is 120 Å². The molecule has 0 amide bonds. The molecule has 3 unspecified atom stereocenters. The third-order valence-electron chi connectivity index (χ3n) is 5.17. The minimum absolute atomic E-state index is 0.755. The molecule has 1 N–H and O–H groups in total. The van der Waals surface area contributed by atoms with Gasteiger partial charge in [-0.1, -0.05) is 46.0 Å². The zero-order valence-corrected chi connectivity index (χ0v) is 13.2. The van der Waals surface area contributed by atoms with Crippen LogP contribution in [0.2, 0.25) is 0 Å². The molecular weight excluding hydrogens is 232 g/mol. The molecule has 1 heterocycles. The molecule has 3 atom stereocenters. The molecule has 2 heteroatoms. The maximum atomic E-state index is 3.79. The van der Waals surface area contributed by atoms with Crippen LogP contribution in [0.5, 0.6) is 0 Å². The van der Waals surface area contributed by atoms with Gasteiger partial charge < -0.3 is 5.32 Å².